The Labute approximate surface area is 203 Å². The van der Waals surface area contributed by atoms with E-state index in [4.69, 9.17) is 9.47 Å². The number of amides is 1. The lowest BCUT2D eigenvalue weighted by Crippen LogP contribution is -2.14. The zero-order valence-corrected chi connectivity index (χ0v) is 19.9. The molecule has 3 aromatic carbocycles. The number of thioether (sulfide) groups is 1. The van der Waals surface area contributed by atoms with Crippen LogP contribution in [0.3, 0.4) is 0 Å². The molecule has 4 rings (SSSR count). The number of aromatic nitrogens is 3. The van der Waals surface area contributed by atoms with E-state index in [-0.39, 0.29) is 11.7 Å². The van der Waals surface area contributed by atoms with E-state index in [0.29, 0.717) is 29.9 Å². The summed E-state index contributed by atoms with van der Waals surface area (Å²) in [6.07, 6.45) is 0. The highest BCUT2D eigenvalue weighted by molar-refractivity contribution is 7.99. The highest BCUT2D eigenvalue weighted by atomic mass is 32.2. The van der Waals surface area contributed by atoms with Gasteiger partial charge in [0.15, 0.2) is 11.0 Å². The van der Waals surface area contributed by atoms with E-state index < -0.39 is 0 Å². The Morgan fingerprint density at radius 3 is 2.09 bits per heavy atom. The molecule has 0 saturated heterocycles. The number of benzene rings is 3. The van der Waals surface area contributed by atoms with Gasteiger partial charge in [-0.1, -0.05) is 42.1 Å². The van der Waals surface area contributed by atoms with Crippen molar-refractivity contribution >= 4 is 23.4 Å². The third-order valence-electron chi connectivity index (χ3n) is 4.85. The molecule has 0 bridgehead atoms. The number of hydrogen-bond acceptors (Lipinski definition) is 6. The Balaban J connectivity index is 1.53. The van der Waals surface area contributed by atoms with Crippen molar-refractivity contribution in [2.45, 2.75) is 19.0 Å². The lowest BCUT2D eigenvalue weighted by atomic mass is 10.2. The second-order valence-corrected chi connectivity index (χ2v) is 8.17. The van der Waals surface area contributed by atoms with Crippen LogP contribution in [0.1, 0.15) is 13.8 Å². The van der Waals surface area contributed by atoms with Crippen molar-refractivity contribution in [2.75, 3.05) is 24.3 Å². The minimum Gasteiger partial charge on any atom is -0.494 e. The molecular weight excluding hydrogens is 448 g/mol. The summed E-state index contributed by atoms with van der Waals surface area (Å²) in [5.74, 6) is 2.34. The summed E-state index contributed by atoms with van der Waals surface area (Å²) in [6.45, 7) is 5.09. The van der Waals surface area contributed by atoms with E-state index in [1.165, 1.54) is 11.8 Å². The first-order valence-electron chi connectivity index (χ1n) is 11.1. The largest absolute Gasteiger partial charge is 0.494 e. The summed E-state index contributed by atoms with van der Waals surface area (Å²) in [6, 6.07) is 24.9. The fourth-order valence-electron chi connectivity index (χ4n) is 3.36. The molecule has 0 saturated carbocycles. The van der Waals surface area contributed by atoms with E-state index in [9.17, 15) is 4.79 Å². The van der Waals surface area contributed by atoms with Gasteiger partial charge in [0.25, 0.3) is 0 Å². The third-order valence-corrected chi connectivity index (χ3v) is 5.78. The Hall–Kier alpha value is -3.78. The molecule has 174 valence electrons. The van der Waals surface area contributed by atoms with Crippen LogP contribution in [-0.4, -0.2) is 39.6 Å². The number of hydrogen-bond donors (Lipinski definition) is 1. The van der Waals surface area contributed by atoms with Gasteiger partial charge in [-0.2, -0.15) is 0 Å². The van der Waals surface area contributed by atoms with Gasteiger partial charge in [0.2, 0.25) is 5.91 Å². The normalized spacial score (nSPS) is 10.6. The molecule has 8 heteroatoms. The van der Waals surface area contributed by atoms with E-state index in [1.807, 2.05) is 97.3 Å². The summed E-state index contributed by atoms with van der Waals surface area (Å²) >= 11 is 1.33. The van der Waals surface area contributed by atoms with Crippen LogP contribution in [0, 0.1) is 0 Å². The maximum Gasteiger partial charge on any atom is 0.234 e. The van der Waals surface area contributed by atoms with Crippen molar-refractivity contribution in [1.29, 1.82) is 0 Å². The van der Waals surface area contributed by atoms with Gasteiger partial charge in [-0.15, -0.1) is 10.2 Å². The fraction of sp³-hybridized carbons (Fsp3) is 0.192. The molecule has 0 aliphatic heterocycles. The lowest BCUT2D eigenvalue weighted by Gasteiger charge is -2.12. The summed E-state index contributed by atoms with van der Waals surface area (Å²) in [4.78, 5) is 12.6. The quantitative estimate of drug-likeness (QED) is 0.308. The Kier molecular flexibility index (Phi) is 7.83. The number of nitrogens with zero attached hydrogens (tertiary/aromatic N) is 3. The van der Waals surface area contributed by atoms with Gasteiger partial charge in [0.1, 0.15) is 11.5 Å². The minimum absolute atomic E-state index is 0.128. The van der Waals surface area contributed by atoms with Crippen molar-refractivity contribution in [1.82, 2.24) is 14.8 Å². The number of ether oxygens (including phenoxy) is 2. The summed E-state index contributed by atoms with van der Waals surface area (Å²) in [5, 5.41) is 12.4. The fourth-order valence-corrected chi connectivity index (χ4v) is 4.11. The molecule has 1 amide bonds. The maximum absolute atomic E-state index is 12.6. The first-order chi connectivity index (χ1) is 16.7. The molecule has 0 atom stereocenters. The van der Waals surface area contributed by atoms with E-state index in [0.717, 1.165) is 22.7 Å². The number of anilines is 1. The van der Waals surface area contributed by atoms with Gasteiger partial charge < -0.3 is 14.8 Å². The zero-order valence-electron chi connectivity index (χ0n) is 19.1. The second-order valence-electron chi connectivity index (χ2n) is 7.23. The molecule has 4 aromatic rings. The molecule has 1 N–H and O–H groups in total. The van der Waals surface area contributed by atoms with E-state index in [1.54, 1.807) is 0 Å². The van der Waals surface area contributed by atoms with Crippen molar-refractivity contribution in [3.05, 3.63) is 78.9 Å². The predicted octanol–water partition coefficient (Wildman–Crippen LogP) is 5.46. The molecule has 0 aliphatic rings. The van der Waals surface area contributed by atoms with Gasteiger partial charge in [-0.05, 0) is 62.4 Å². The predicted molar refractivity (Wildman–Crippen MR) is 135 cm³/mol. The van der Waals surface area contributed by atoms with Crippen LogP contribution in [-0.2, 0) is 4.79 Å². The highest BCUT2D eigenvalue weighted by Gasteiger charge is 2.17. The zero-order chi connectivity index (χ0) is 23.8. The van der Waals surface area contributed by atoms with Crippen LogP contribution < -0.4 is 14.8 Å². The average Bonchev–Trinajstić information content (AvgIpc) is 3.29. The Morgan fingerprint density at radius 2 is 1.47 bits per heavy atom. The molecule has 7 nitrogen and oxygen atoms in total. The van der Waals surface area contributed by atoms with Crippen LogP contribution in [0.25, 0.3) is 17.1 Å². The number of carbonyl (C=O) groups excluding carboxylic acids is 1. The molecule has 0 fully saturated rings. The maximum atomic E-state index is 12.6. The monoisotopic (exact) mass is 474 g/mol. The van der Waals surface area contributed by atoms with Crippen LogP contribution in [0.15, 0.2) is 84.0 Å². The van der Waals surface area contributed by atoms with Crippen LogP contribution in [0.4, 0.5) is 5.69 Å². The topological polar surface area (TPSA) is 78.3 Å². The SMILES string of the molecule is CCOc1ccc(NC(=O)CSc2nnc(-c3ccccc3)n2-c2ccc(OCC)cc2)cc1. The average molecular weight is 475 g/mol. The van der Waals surface area contributed by atoms with Crippen molar-refractivity contribution < 1.29 is 14.3 Å². The molecule has 0 radical (unpaired) electrons. The van der Waals surface area contributed by atoms with Gasteiger partial charge in [-0.3, -0.25) is 9.36 Å². The minimum atomic E-state index is -0.128. The molecule has 34 heavy (non-hydrogen) atoms. The second kappa shape index (κ2) is 11.4. The van der Waals surface area contributed by atoms with Gasteiger partial charge in [0, 0.05) is 16.9 Å². The number of carbonyl (C=O) groups is 1. The van der Waals surface area contributed by atoms with E-state index in [2.05, 4.69) is 15.5 Å². The van der Waals surface area contributed by atoms with E-state index >= 15 is 0 Å². The first-order valence-corrected chi connectivity index (χ1v) is 12.1. The molecular formula is C26H26N4O3S. The first kappa shape index (κ1) is 23.4. The molecule has 0 aliphatic carbocycles. The van der Waals surface area contributed by atoms with Gasteiger partial charge in [0.05, 0.1) is 19.0 Å². The standard InChI is InChI=1S/C26H26N4O3S/c1-3-32-22-14-10-20(11-15-22)27-24(31)18-34-26-29-28-25(19-8-6-5-7-9-19)30(26)21-12-16-23(17-13-21)33-4-2/h5-17H,3-4,18H2,1-2H3,(H,27,31). The summed E-state index contributed by atoms with van der Waals surface area (Å²) in [5.41, 5.74) is 2.54. The van der Waals surface area contributed by atoms with Gasteiger partial charge >= 0.3 is 0 Å². The van der Waals surface area contributed by atoms with Crippen molar-refractivity contribution in [3.8, 4) is 28.6 Å². The smallest absolute Gasteiger partial charge is 0.234 e. The Bertz CT molecular complexity index is 1210. The summed E-state index contributed by atoms with van der Waals surface area (Å²) in [7, 11) is 0. The molecule has 0 spiro atoms. The number of rotatable bonds is 10. The van der Waals surface area contributed by atoms with Crippen LogP contribution >= 0.6 is 11.8 Å². The van der Waals surface area contributed by atoms with Crippen molar-refractivity contribution in [3.63, 3.8) is 0 Å². The van der Waals surface area contributed by atoms with Crippen molar-refractivity contribution in [2.24, 2.45) is 0 Å². The third kappa shape index (κ3) is 5.77. The molecule has 1 heterocycles. The number of nitrogens with one attached hydrogen (secondary N) is 1. The summed E-state index contributed by atoms with van der Waals surface area (Å²) < 4.78 is 13.0. The Morgan fingerprint density at radius 1 is 0.853 bits per heavy atom. The molecule has 0 unspecified atom stereocenters. The molecule has 1 aromatic heterocycles. The lowest BCUT2D eigenvalue weighted by molar-refractivity contribution is -0.113. The van der Waals surface area contributed by atoms with Crippen LogP contribution in [0.5, 0.6) is 11.5 Å². The van der Waals surface area contributed by atoms with Gasteiger partial charge in [-0.25, -0.2) is 0 Å². The van der Waals surface area contributed by atoms with Crippen LogP contribution in [0.2, 0.25) is 0 Å². The highest BCUT2D eigenvalue weighted by Crippen LogP contribution is 2.29.